The zero-order valence-electron chi connectivity index (χ0n) is 19.2. The van der Waals surface area contributed by atoms with Crippen molar-refractivity contribution in [3.8, 4) is 5.75 Å². The summed E-state index contributed by atoms with van der Waals surface area (Å²) in [6, 6.07) is 7.00. The first-order valence-corrected chi connectivity index (χ1v) is 12.1. The largest absolute Gasteiger partial charge is 0.497 e. The van der Waals surface area contributed by atoms with Crippen molar-refractivity contribution >= 4 is 38.4 Å². The number of nitrogens with zero attached hydrogens (tertiary/aromatic N) is 4. The molecule has 0 atom stereocenters. The van der Waals surface area contributed by atoms with Crippen molar-refractivity contribution < 1.29 is 9.53 Å². The number of hydrogen-bond donors (Lipinski definition) is 1. The molecule has 33 heavy (non-hydrogen) atoms. The van der Waals surface area contributed by atoms with E-state index in [0.29, 0.717) is 35.0 Å². The lowest BCUT2D eigenvalue weighted by Gasteiger charge is -2.29. The molecule has 1 amide bonds. The summed E-state index contributed by atoms with van der Waals surface area (Å²) >= 11 is 1.30. The number of carbonyl (C=O) groups is 1. The normalized spacial score (nSPS) is 14.6. The van der Waals surface area contributed by atoms with Gasteiger partial charge in [0.25, 0.3) is 5.56 Å². The Hall–Kier alpha value is -3.14. The SMILES string of the molecule is CCCn1c(=O)c2sc(N3CCC(C)CC3)nc2n(CC(=O)Nc2cccc(OC)c2)c1=O. The van der Waals surface area contributed by atoms with Crippen molar-refractivity contribution in [2.24, 2.45) is 5.92 Å². The fourth-order valence-corrected chi connectivity index (χ4v) is 5.08. The van der Waals surface area contributed by atoms with Crippen LogP contribution in [0.25, 0.3) is 10.3 Å². The van der Waals surface area contributed by atoms with E-state index in [9.17, 15) is 14.4 Å². The third kappa shape index (κ3) is 4.80. The summed E-state index contributed by atoms with van der Waals surface area (Å²) < 4.78 is 8.13. The van der Waals surface area contributed by atoms with Gasteiger partial charge in [-0.15, -0.1) is 0 Å². The minimum atomic E-state index is -0.515. The topological polar surface area (TPSA) is 98.5 Å². The predicted molar refractivity (Wildman–Crippen MR) is 131 cm³/mol. The first-order valence-electron chi connectivity index (χ1n) is 11.2. The molecule has 0 aliphatic carbocycles. The lowest BCUT2D eigenvalue weighted by molar-refractivity contribution is -0.116. The Morgan fingerprint density at radius 2 is 2.00 bits per heavy atom. The van der Waals surface area contributed by atoms with Crippen LogP contribution in [-0.2, 0) is 17.9 Å². The fourth-order valence-electron chi connectivity index (χ4n) is 4.01. The maximum atomic E-state index is 13.2. The molecule has 4 rings (SSSR count). The standard InChI is InChI=1S/C23H29N5O4S/c1-4-10-27-21(30)19-20(25-22(33-19)26-11-8-15(2)9-12-26)28(23(27)31)14-18(29)24-16-6-5-7-17(13-16)32-3/h5-7,13,15H,4,8-12,14H2,1-3H3,(H,24,29). The Morgan fingerprint density at radius 3 is 2.70 bits per heavy atom. The van der Waals surface area contributed by atoms with Crippen LogP contribution >= 0.6 is 11.3 Å². The van der Waals surface area contributed by atoms with E-state index >= 15 is 0 Å². The van der Waals surface area contributed by atoms with Gasteiger partial charge in [-0.2, -0.15) is 0 Å². The second-order valence-corrected chi connectivity index (χ2v) is 9.40. The number of fused-ring (bicyclic) bond motifs is 1. The number of amides is 1. The number of ether oxygens (including phenoxy) is 1. The highest BCUT2D eigenvalue weighted by Crippen LogP contribution is 2.29. The smallest absolute Gasteiger partial charge is 0.333 e. The molecule has 0 unspecified atom stereocenters. The maximum absolute atomic E-state index is 13.2. The van der Waals surface area contributed by atoms with Crippen LogP contribution in [0.3, 0.4) is 0 Å². The van der Waals surface area contributed by atoms with Gasteiger partial charge >= 0.3 is 5.69 Å². The van der Waals surface area contributed by atoms with Crippen LogP contribution in [0.2, 0.25) is 0 Å². The average molecular weight is 472 g/mol. The molecule has 0 spiro atoms. The van der Waals surface area contributed by atoms with Gasteiger partial charge in [-0.1, -0.05) is 31.3 Å². The summed E-state index contributed by atoms with van der Waals surface area (Å²) in [7, 11) is 1.55. The molecule has 1 aliphatic heterocycles. The first kappa shape index (κ1) is 23.0. The molecule has 1 aliphatic rings. The van der Waals surface area contributed by atoms with Crippen molar-refractivity contribution in [3.63, 3.8) is 0 Å². The summed E-state index contributed by atoms with van der Waals surface area (Å²) in [4.78, 5) is 45.9. The van der Waals surface area contributed by atoms with Gasteiger partial charge in [0.2, 0.25) is 5.91 Å². The first-order chi connectivity index (χ1) is 15.9. The number of methoxy groups -OCH3 is 1. The zero-order valence-corrected chi connectivity index (χ0v) is 20.0. The monoisotopic (exact) mass is 471 g/mol. The number of hydrogen-bond acceptors (Lipinski definition) is 7. The average Bonchev–Trinajstić information content (AvgIpc) is 3.25. The van der Waals surface area contributed by atoms with E-state index in [1.807, 2.05) is 6.92 Å². The number of nitrogens with one attached hydrogen (secondary N) is 1. The zero-order chi connectivity index (χ0) is 23.5. The Bertz CT molecular complexity index is 1270. The van der Waals surface area contributed by atoms with Crippen LogP contribution in [0.15, 0.2) is 33.9 Å². The lowest BCUT2D eigenvalue weighted by Crippen LogP contribution is -2.41. The van der Waals surface area contributed by atoms with Crippen LogP contribution in [0.4, 0.5) is 10.8 Å². The van der Waals surface area contributed by atoms with Gasteiger partial charge in [-0.3, -0.25) is 18.7 Å². The van der Waals surface area contributed by atoms with Gasteiger partial charge in [0.05, 0.1) is 7.11 Å². The van der Waals surface area contributed by atoms with Crippen molar-refractivity contribution in [3.05, 3.63) is 45.1 Å². The fraction of sp³-hybridized carbons (Fsp3) is 0.478. The molecule has 1 N–H and O–H groups in total. The number of rotatable bonds is 7. The Kier molecular flexibility index (Phi) is 6.83. The Balaban J connectivity index is 1.71. The predicted octanol–water partition coefficient (Wildman–Crippen LogP) is 2.91. The van der Waals surface area contributed by atoms with Crippen LogP contribution in [0.1, 0.15) is 33.1 Å². The highest BCUT2D eigenvalue weighted by molar-refractivity contribution is 7.22. The molecule has 1 fully saturated rings. The third-order valence-electron chi connectivity index (χ3n) is 5.91. The van der Waals surface area contributed by atoms with E-state index in [-0.39, 0.29) is 23.7 Å². The van der Waals surface area contributed by atoms with E-state index in [2.05, 4.69) is 22.1 Å². The molecule has 2 aromatic heterocycles. The quantitative estimate of drug-likeness (QED) is 0.569. The van der Waals surface area contributed by atoms with Gasteiger partial charge in [0.1, 0.15) is 17.0 Å². The summed E-state index contributed by atoms with van der Waals surface area (Å²) in [5.74, 6) is 0.898. The van der Waals surface area contributed by atoms with E-state index in [1.165, 1.54) is 20.5 Å². The summed E-state index contributed by atoms with van der Waals surface area (Å²) in [5.41, 5.74) is -0.0154. The molecule has 9 nitrogen and oxygen atoms in total. The van der Waals surface area contributed by atoms with E-state index in [0.717, 1.165) is 31.1 Å². The van der Waals surface area contributed by atoms with Gasteiger partial charge in [-0.05, 0) is 37.3 Å². The number of piperidine rings is 1. The van der Waals surface area contributed by atoms with Crippen LogP contribution < -0.4 is 26.2 Å². The minimum absolute atomic E-state index is 0.239. The van der Waals surface area contributed by atoms with Crippen molar-refractivity contribution in [1.82, 2.24) is 14.1 Å². The lowest BCUT2D eigenvalue weighted by atomic mass is 10.00. The van der Waals surface area contributed by atoms with Crippen molar-refractivity contribution in [2.75, 3.05) is 30.4 Å². The molecule has 0 saturated carbocycles. The Labute approximate surface area is 195 Å². The van der Waals surface area contributed by atoms with Gasteiger partial charge in [-0.25, -0.2) is 9.78 Å². The van der Waals surface area contributed by atoms with Crippen LogP contribution in [-0.4, -0.2) is 40.2 Å². The highest BCUT2D eigenvalue weighted by atomic mass is 32.1. The van der Waals surface area contributed by atoms with Gasteiger partial charge < -0.3 is 15.0 Å². The second-order valence-electron chi connectivity index (χ2n) is 8.42. The number of anilines is 2. The summed E-state index contributed by atoms with van der Waals surface area (Å²) in [5, 5.41) is 3.52. The molecule has 1 saturated heterocycles. The number of thiazole rings is 1. The molecule has 3 heterocycles. The summed E-state index contributed by atoms with van der Waals surface area (Å²) in [6.45, 7) is 5.92. The minimum Gasteiger partial charge on any atom is -0.497 e. The second kappa shape index (κ2) is 9.78. The van der Waals surface area contributed by atoms with Gasteiger partial charge in [0.15, 0.2) is 10.8 Å². The number of aromatic nitrogens is 3. The van der Waals surface area contributed by atoms with Crippen molar-refractivity contribution in [1.29, 1.82) is 0 Å². The van der Waals surface area contributed by atoms with Gasteiger partial charge in [0, 0.05) is 31.4 Å². The molecule has 1 aromatic carbocycles. The number of carbonyl (C=O) groups excluding carboxylic acids is 1. The van der Waals surface area contributed by atoms with Crippen molar-refractivity contribution in [2.45, 2.75) is 46.2 Å². The van der Waals surface area contributed by atoms with E-state index in [1.54, 1.807) is 31.4 Å². The molecule has 0 bridgehead atoms. The summed E-state index contributed by atoms with van der Waals surface area (Å²) in [6.07, 6.45) is 2.75. The highest BCUT2D eigenvalue weighted by Gasteiger charge is 2.23. The number of benzene rings is 1. The molecule has 0 radical (unpaired) electrons. The van der Waals surface area contributed by atoms with Crippen LogP contribution in [0, 0.1) is 5.92 Å². The van der Waals surface area contributed by atoms with E-state index in [4.69, 9.17) is 4.74 Å². The molecule has 3 aromatic rings. The maximum Gasteiger partial charge on any atom is 0.333 e. The molecule has 176 valence electrons. The Morgan fingerprint density at radius 1 is 1.24 bits per heavy atom. The molecular weight excluding hydrogens is 442 g/mol. The molecule has 10 heteroatoms. The van der Waals surface area contributed by atoms with E-state index < -0.39 is 5.69 Å². The third-order valence-corrected chi connectivity index (χ3v) is 7.00. The molecular formula is C23H29N5O4S. The van der Waals surface area contributed by atoms with Crippen LogP contribution in [0.5, 0.6) is 5.75 Å².